The van der Waals surface area contributed by atoms with Crippen LogP contribution in [0.4, 0.5) is 0 Å². The molecule has 0 saturated heterocycles. The predicted octanol–water partition coefficient (Wildman–Crippen LogP) is 3.82. The summed E-state index contributed by atoms with van der Waals surface area (Å²) in [6.07, 6.45) is 4.47. The molecule has 0 amide bonds. The quantitative estimate of drug-likeness (QED) is 0.775. The van der Waals surface area contributed by atoms with Crippen molar-refractivity contribution in [1.82, 2.24) is 15.0 Å². The maximum absolute atomic E-state index is 4.23. The second-order valence-electron chi connectivity index (χ2n) is 2.45. The van der Waals surface area contributed by atoms with Crippen molar-refractivity contribution in [2.75, 3.05) is 0 Å². The summed E-state index contributed by atoms with van der Waals surface area (Å²) in [7, 11) is 0. The number of aromatic amines is 1. The van der Waals surface area contributed by atoms with Crippen molar-refractivity contribution in [2.45, 2.75) is 41.0 Å². The van der Waals surface area contributed by atoms with Crippen molar-refractivity contribution >= 4 is 11.0 Å². The number of fused-ring (bicyclic) bond motifs is 1. The molecule has 0 unspecified atom stereocenters. The molecule has 3 nitrogen and oxygen atoms in total. The molecule has 0 aliphatic rings. The standard InChI is InChI=1S/C8H9N3.2C2H6.H2/c1-2-6-3-7-8(4-9-6)11-5-10-7;2*1-2;/h3-5H,2H2,1H3,(H,10,11);2*1-2H3;1H. The third-order valence-electron chi connectivity index (χ3n) is 1.72. The zero-order valence-electron chi connectivity index (χ0n) is 10.3. The Morgan fingerprint density at radius 2 is 1.87 bits per heavy atom. The molecule has 0 atom stereocenters. The molecule has 0 aliphatic carbocycles. The van der Waals surface area contributed by atoms with Gasteiger partial charge in [0.05, 0.1) is 23.6 Å². The summed E-state index contributed by atoms with van der Waals surface area (Å²) in [6, 6.07) is 2.01. The summed E-state index contributed by atoms with van der Waals surface area (Å²) < 4.78 is 0. The fourth-order valence-electron chi connectivity index (χ4n) is 1.07. The minimum atomic E-state index is 0. The summed E-state index contributed by atoms with van der Waals surface area (Å²) in [5, 5.41) is 0. The molecular weight excluding hydrogens is 186 g/mol. The first-order valence-electron chi connectivity index (χ1n) is 5.68. The first-order chi connectivity index (χ1) is 7.40. The molecule has 2 aromatic heterocycles. The Morgan fingerprint density at radius 3 is 2.47 bits per heavy atom. The maximum atomic E-state index is 4.23. The van der Waals surface area contributed by atoms with Gasteiger partial charge in [0, 0.05) is 7.12 Å². The molecule has 0 aromatic carbocycles. The van der Waals surface area contributed by atoms with E-state index in [4.69, 9.17) is 0 Å². The van der Waals surface area contributed by atoms with Gasteiger partial charge in [-0.25, -0.2) is 4.98 Å². The normalized spacial score (nSPS) is 8.60. The Balaban J connectivity index is 0. The molecule has 0 bridgehead atoms. The lowest BCUT2D eigenvalue weighted by Crippen LogP contribution is -1.84. The Bertz CT molecular complexity index is 371. The van der Waals surface area contributed by atoms with E-state index in [2.05, 4.69) is 21.9 Å². The average Bonchev–Trinajstić information content (AvgIpc) is 2.81. The minimum absolute atomic E-state index is 0. The molecule has 1 N–H and O–H groups in total. The van der Waals surface area contributed by atoms with E-state index in [0.29, 0.717) is 0 Å². The number of H-pyrrole nitrogens is 1. The lowest BCUT2D eigenvalue weighted by Gasteiger charge is -1.92. The SMILES string of the molecule is CC.CC.CCc1cc2nc[nH]c2cn1.[HH]. The number of pyridine rings is 1. The molecular formula is C12H23N3. The van der Waals surface area contributed by atoms with Gasteiger partial charge in [-0.15, -0.1) is 0 Å². The number of nitrogens with zero attached hydrogens (tertiary/aromatic N) is 2. The fourth-order valence-corrected chi connectivity index (χ4v) is 1.07. The van der Waals surface area contributed by atoms with Crippen LogP contribution in [0.25, 0.3) is 11.0 Å². The predicted molar refractivity (Wildman–Crippen MR) is 68.1 cm³/mol. The summed E-state index contributed by atoms with van der Waals surface area (Å²) >= 11 is 0. The molecule has 2 heterocycles. The Labute approximate surface area is 93.4 Å². The third kappa shape index (κ3) is 3.70. The van der Waals surface area contributed by atoms with Gasteiger partial charge in [-0.3, -0.25) is 4.98 Å². The lowest BCUT2D eigenvalue weighted by molar-refractivity contribution is 1.04. The Morgan fingerprint density at radius 1 is 1.20 bits per heavy atom. The topological polar surface area (TPSA) is 41.6 Å². The first-order valence-corrected chi connectivity index (χ1v) is 5.68. The largest absolute Gasteiger partial charge is 0.343 e. The van der Waals surface area contributed by atoms with Crippen molar-refractivity contribution in [3.8, 4) is 0 Å². The molecule has 0 aliphatic heterocycles. The highest BCUT2D eigenvalue weighted by Gasteiger charge is 1.96. The van der Waals surface area contributed by atoms with Crippen molar-refractivity contribution in [3.05, 3.63) is 24.3 Å². The van der Waals surface area contributed by atoms with Crippen molar-refractivity contribution in [3.63, 3.8) is 0 Å². The monoisotopic (exact) mass is 209 g/mol. The van der Waals surface area contributed by atoms with Crippen LogP contribution in [-0.4, -0.2) is 15.0 Å². The Kier molecular flexibility index (Phi) is 7.24. The molecule has 0 spiro atoms. The molecule has 2 aromatic rings. The molecule has 0 fully saturated rings. The summed E-state index contributed by atoms with van der Waals surface area (Å²) in [4.78, 5) is 11.4. The second-order valence-corrected chi connectivity index (χ2v) is 2.45. The molecule has 3 heteroatoms. The van der Waals surface area contributed by atoms with Gasteiger partial charge in [-0.1, -0.05) is 34.6 Å². The number of aryl methyl sites for hydroxylation is 1. The number of hydrogen-bond donors (Lipinski definition) is 1. The Hall–Kier alpha value is -1.38. The molecule has 2 rings (SSSR count). The van der Waals surface area contributed by atoms with Crippen molar-refractivity contribution in [1.29, 1.82) is 0 Å². The number of aromatic nitrogens is 3. The summed E-state index contributed by atoms with van der Waals surface area (Å²) in [6.45, 7) is 10.1. The molecule has 0 saturated carbocycles. The van der Waals surface area contributed by atoms with E-state index in [1.165, 1.54) is 0 Å². The van der Waals surface area contributed by atoms with Crippen LogP contribution in [0.3, 0.4) is 0 Å². The fraction of sp³-hybridized carbons (Fsp3) is 0.500. The zero-order valence-corrected chi connectivity index (χ0v) is 10.3. The van der Waals surface area contributed by atoms with E-state index in [0.717, 1.165) is 23.1 Å². The minimum Gasteiger partial charge on any atom is -0.343 e. The van der Waals surface area contributed by atoms with E-state index in [1.54, 1.807) is 6.33 Å². The van der Waals surface area contributed by atoms with Crippen LogP contribution in [0.15, 0.2) is 18.6 Å². The molecule has 15 heavy (non-hydrogen) atoms. The van der Waals surface area contributed by atoms with Crippen LogP contribution in [0, 0.1) is 0 Å². The highest BCUT2D eigenvalue weighted by molar-refractivity contribution is 5.73. The summed E-state index contributed by atoms with van der Waals surface area (Å²) in [5.41, 5.74) is 3.09. The molecule has 86 valence electrons. The van der Waals surface area contributed by atoms with Gasteiger partial charge in [-0.05, 0) is 12.5 Å². The number of nitrogens with one attached hydrogen (secondary N) is 1. The van der Waals surface area contributed by atoms with Gasteiger partial charge in [0.2, 0.25) is 0 Å². The van der Waals surface area contributed by atoms with Gasteiger partial charge in [-0.2, -0.15) is 0 Å². The van der Waals surface area contributed by atoms with Crippen molar-refractivity contribution in [2.24, 2.45) is 0 Å². The van der Waals surface area contributed by atoms with Gasteiger partial charge < -0.3 is 4.98 Å². The van der Waals surface area contributed by atoms with E-state index < -0.39 is 0 Å². The van der Waals surface area contributed by atoms with E-state index in [1.807, 2.05) is 40.0 Å². The molecule has 0 radical (unpaired) electrons. The van der Waals surface area contributed by atoms with Gasteiger partial charge in [0.15, 0.2) is 0 Å². The van der Waals surface area contributed by atoms with Crippen LogP contribution >= 0.6 is 0 Å². The van der Waals surface area contributed by atoms with Crippen LogP contribution in [0.5, 0.6) is 0 Å². The van der Waals surface area contributed by atoms with Crippen molar-refractivity contribution < 1.29 is 1.43 Å². The van der Waals surface area contributed by atoms with Gasteiger partial charge in [0.1, 0.15) is 0 Å². The summed E-state index contributed by atoms with van der Waals surface area (Å²) in [5.74, 6) is 0. The third-order valence-corrected chi connectivity index (χ3v) is 1.72. The van der Waals surface area contributed by atoms with Crippen LogP contribution in [0.1, 0.15) is 41.7 Å². The van der Waals surface area contributed by atoms with E-state index in [9.17, 15) is 0 Å². The highest BCUT2D eigenvalue weighted by Crippen LogP contribution is 2.08. The van der Waals surface area contributed by atoms with Crippen LogP contribution < -0.4 is 0 Å². The smallest absolute Gasteiger partial charge is 0.0932 e. The second kappa shape index (κ2) is 7.97. The van der Waals surface area contributed by atoms with Gasteiger partial charge >= 0.3 is 0 Å². The van der Waals surface area contributed by atoms with E-state index in [-0.39, 0.29) is 1.43 Å². The maximum Gasteiger partial charge on any atom is 0.0932 e. The van der Waals surface area contributed by atoms with Crippen LogP contribution in [0.2, 0.25) is 0 Å². The van der Waals surface area contributed by atoms with Gasteiger partial charge in [0.25, 0.3) is 0 Å². The average molecular weight is 209 g/mol. The number of imidazole rings is 1. The number of rotatable bonds is 1. The lowest BCUT2D eigenvalue weighted by atomic mass is 10.3. The van der Waals surface area contributed by atoms with E-state index >= 15 is 0 Å². The first kappa shape index (κ1) is 13.6. The van der Waals surface area contributed by atoms with Crippen LogP contribution in [-0.2, 0) is 6.42 Å². The zero-order chi connectivity index (χ0) is 11.7. The highest BCUT2D eigenvalue weighted by atomic mass is 14.9. The number of hydrogen-bond acceptors (Lipinski definition) is 2.